The lowest BCUT2D eigenvalue weighted by molar-refractivity contribution is 0.476. The van der Waals surface area contributed by atoms with Gasteiger partial charge in [-0.2, -0.15) is 5.10 Å². The zero-order valence-corrected chi connectivity index (χ0v) is 9.40. The van der Waals surface area contributed by atoms with Crippen molar-refractivity contribution in [3.8, 4) is 11.3 Å². The normalized spacial score (nSPS) is 14.8. The zero-order chi connectivity index (χ0) is 11.0. The molecule has 0 amide bonds. The smallest absolute Gasteiger partial charge is 0.0929 e. The Morgan fingerprint density at radius 1 is 1.31 bits per heavy atom. The van der Waals surface area contributed by atoms with Crippen LogP contribution >= 0.6 is 0 Å². The van der Waals surface area contributed by atoms with E-state index in [-0.39, 0.29) is 0 Å². The van der Waals surface area contributed by atoms with E-state index in [0.29, 0.717) is 0 Å². The molecule has 2 heterocycles. The van der Waals surface area contributed by atoms with Crippen molar-refractivity contribution in [2.75, 3.05) is 6.54 Å². The minimum Gasteiger partial charge on any atom is -0.309 e. The van der Waals surface area contributed by atoms with Gasteiger partial charge in [-0.3, -0.25) is 4.68 Å². The number of aryl methyl sites for hydroxylation is 1. The van der Waals surface area contributed by atoms with Gasteiger partial charge in [0.05, 0.1) is 17.9 Å². The van der Waals surface area contributed by atoms with E-state index < -0.39 is 0 Å². The first kappa shape index (κ1) is 9.60. The predicted octanol–water partition coefficient (Wildman–Crippen LogP) is 1.96. The molecule has 0 bridgehead atoms. The molecular formula is C13H15N3. The third kappa shape index (κ3) is 1.53. The Morgan fingerprint density at radius 2 is 2.19 bits per heavy atom. The van der Waals surface area contributed by atoms with Crippen molar-refractivity contribution in [1.29, 1.82) is 0 Å². The maximum atomic E-state index is 4.66. The third-order valence-electron chi connectivity index (χ3n) is 3.09. The summed E-state index contributed by atoms with van der Waals surface area (Å²) in [6, 6.07) is 10.6. The molecule has 0 fully saturated rings. The number of rotatable bonds is 1. The van der Waals surface area contributed by atoms with Gasteiger partial charge < -0.3 is 5.32 Å². The summed E-state index contributed by atoms with van der Waals surface area (Å²) in [4.78, 5) is 0. The molecule has 1 aliphatic heterocycles. The molecule has 3 heteroatoms. The molecule has 16 heavy (non-hydrogen) atoms. The van der Waals surface area contributed by atoms with E-state index in [1.807, 2.05) is 0 Å². The summed E-state index contributed by atoms with van der Waals surface area (Å²) in [6.45, 7) is 5.05. The van der Waals surface area contributed by atoms with Gasteiger partial charge in [0, 0.05) is 18.7 Å². The number of fused-ring (bicyclic) bond motifs is 1. The first-order chi connectivity index (χ1) is 7.84. The van der Waals surface area contributed by atoms with Crippen LogP contribution < -0.4 is 5.32 Å². The van der Waals surface area contributed by atoms with E-state index in [1.165, 1.54) is 16.8 Å². The first-order valence-electron chi connectivity index (χ1n) is 5.68. The van der Waals surface area contributed by atoms with Crippen LogP contribution in [0.4, 0.5) is 0 Å². The Labute approximate surface area is 95.1 Å². The Hall–Kier alpha value is -1.61. The fourth-order valence-electron chi connectivity index (χ4n) is 2.18. The molecule has 0 saturated carbocycles. The lowest BCUT2D eigenvalue weighted by Gasteiger charge is -2.13. The highest BCUT2D eigenvalue weighted by molar-refractivity contribution is 5.63. The Bertz CT molecular complexity index is 490. The van der Waals surface area contributed by atoms with Crippen LogP contribution in [0.25, 0.3) is 11.3 Å². The zero-order valence-electron chi connectivity index (χ0n) is 9.40. The number of hydrogen-bond donors (Lipinski definition) is 1. The maximum Gasteiger partial charge on any atom is 0.0929 e. The van der Waals surface area contributed by atoms with Crippen LogP contribution in [-0.4, -0.2) is 16.3 Å². The molecule has 0 spiro atoms. The fourth-order valence-corrected chi connectivity index (χ4v) is 2.18. The number of nitrogens with one attached hydrogen (secondary N) is 1. The summed E-state index contributed by atoms with van der Waals surface area (Å²) in [7, 11) is 0. The topological polar surface area (TPSA) is 29.9 Å². The third-order valence-corrected chi connectivity index (χ3v) is 3.09. The highest BCUT2D eigenvalue weighted by Crippen LogP contribution is 2.23. The molecule has 3 nitrogen and oxygen atoms in total. The summed E-state index contributed by atoms with van der Waals surface area (Å²) < 4.78 is 2.11. The van der Waals surface area contributed by atoms with Gasteiger partial charge in [0.1, 0.15) is 0 Å². The van der Waals surface area contributed by atoms with Crippen molar-refractivity contribution in [1.82, 2.24) is 15.1 Å². The standard InChI is InChI=1S/C13H15N3/c1-10-4-2-3-5-12(10)13-8-11-9-14-6-7-16(11)15-13/h2-5,8,14H,6-7,9H2,1H3. The Kier molecular flexibility index (Phi) is 2.26. The molecule has 0 radical (unpaired) electrons. The van der Waals surface area contributed by atoms with E-state index in [0.717, 1.165) is 25.3 Å². The summed E-state index contributed by atoms with van der Waals surface area (Å²) in [6.07, 6.45) is 0. The Balaban J connectivity index is 2.07. The molecular weight excluding hydrogens is 198 g/mol. The number of benzene rings is 1. The van der Waals surface area contributed by atoms with Gasteiger partial charge in [-0.15, -0.1) is 0 Å². The second-order valence-electron chi connectivity index (χ2n) is 4.24. The van der Waals surface area contributed by atoms with Crippen molar-refractivity contribution in [3.05, 3.63) is 41.6 Å². The van der Waals surface area contributed by atoms with Crippen LogP contribution in [0.15, 0.2) is 30.3 Å². The molecule has 0 aliphatic carbocycles. The second-order valence-corrected chi connectivity index (χ2v) is 4.24. The molecule has 1 N–H and O–H groups in total. The average Bonchev–Trinajstić information content (AvgIpc) is 2.73. The van der Waals surface area contributed by atoms with E-state index >= 15 is 0 Å². The van der Waals surface area contributed by atoms with Gasteiger partial charge in [0.2, 0.25) is 0 Å². The highest BCUT2D eigenvalue weighted by Gasteiger charge is 2.13. The minimum atomic E-state index is 0.929. The molecule has 1 aliphatic rings. The van der Waals surface area contributed by atoms with Crippen molar-refractivity contribution in [2.45, 2.75) is 20.0 Å². The van der Waals surface area contributed by atoms with Crippen LogP contribution in [0, 0.1) is 6.92 Å². The van der Waals surface area contributed by atoms with Crippen molar-refractivity contribution in [2.24, 2.45) is 0 Å². The monoisotopic (exact) mass is 213 g/mol. The summed E-state index contributed by atoms with van der Waals surface area (Å²) >= 11 is 0. The highest BCUT2D eigenvalue weighted by atomic mass is 15.3. The molecule has 1 aromatic heterocycles. The second kappa shape index (κ2) is 3.76. The molecule has 82 valence electrons. The van der Waals surface area contributed by atoms with Crippen molar-refractivity contribution in [3.63, 3.8) is 0 Å². The molecule has 3 rings (SSSR count). The average molecular weight is 213 g/mol. The van der Waals surface area contributed by atoms with Crippen LogP contribution in [0.3, 0.4) is 0 Å². The number of nitrogens with zero attached hydrogens (tertiary/aromatic N) is 2. The van der Waals surface area contributed by atoms with Gasteiger partial charge in [-0.05, 0) is 18.6 Å². The quantitative estimate of drug-likeness (QED) is 0.784. The molecule has 0 atom stereocenters. The Morgan fingerprint density at radius 3 is 3.00 bits per heavy atom. The summed E-state index contributed by atoms with van der Waals surface area (Å²) in [5.74, 6) is 0. The SMILES string of the molecule is Cc1ccccc1-c1cc2n(n1)CCNC2. The van der Waals surface area contributed by atoms with E-state index in [4.69, 9.17) is 0 Å². The molecule has 1 aromatic carbocycles. The van der Waals surface area contributed by atoms with Crippen molar-refractivity contribution < 1.29 is 0 Å². The largest absolute Gasteiger partial charge is 0.309 e. The van der Waals surface area contributed by atoms with Gasteiger partial charge in [0.15, 0.2) is 0 Å². The van der Waals surface area contributed by atoms with Crippen LogP contribution in [-0.2, 0) is 13.1 Å². The van der Waals surface area contributed by atoms with Crippen LogP contribution in [0.2, 0.25) is 0 Å². The summed E-state index contributed by atoms with van der Waals surface area (Å²) in [5, 5.41) is 8.02. The van der Waals surface area contributed by atoms with E-state index in [1.54, 1.807) is 0 Å². The van der Waals surface area contributed by atoms with Crippen molar-refractivity contribution >= 4 is 0 Å². The fraction of sp³-hybridized carbons (Fsp3) is 0.308. The van der Waals surface area contributed by atoms with E-state index in [2.05, 4.69) is 52.4 Å². The van der Waals surface area contributed by atoms with Crippen LogP contribution in [0.1, 0.15) is 11.3 Å². The maximum absolute atomic E-state index is 4.66. The van der Waals surface area contributed by atoms with Crippen LogP contribution in [0.5, 0.6) is 0 Å². The number of aromatic nitrogens is 2. The van der Waals surface area contributed by atoms with Gasteiger partial charge in [-0.25, -0.2) is 0 Å². The van der Waals surface area contributed by atoms with Gasteiger partial charge >= 0.3 is 0 Å². The number of hydrogen-bond acceptors (Lipinski definition) is 2. The van der Waals surface area contributed by atoms with E-state index in [9.17, 15) is 0 Å². The van der Waals surface area contributed by atoms with Gasteiger partial charge in [0.25, 0.3) is 0 Å². The molecule has 2 aromatic rings. The predicted molar refractivity (Wildman–Crippen MR) is 64.1 cm³/mol. The lowest BCUT2D eigenvalue weighted by Crippen LogP contribution is -2.28. The van der Waals surface area contributed by atoms with Gasteiger partial charge in [-0.1, -0.05) is 24.3 Å². The summed E-state index contributed by atoms with van der Waals surface area (Å²) in [5.41, 5.74) is 4.90. The molecule has 0 unspecified atom stereocenters. The molecule has 0 saturated heterocycles. The minimum absolute atomic E-state index is 0.929. The first-order valence-corrected chi connectivity index (χ1v) is 5.68. The lowest BCUT2D eigenvalue weighted by atomic mass is 10.1.